The maximum atomic E-state index is 5.77. The normalized spacial score (nSPS) is 10.2. The Morgan fingerprint density at radius 3 is 2.62 bits per heavy atom. The highest BCUT2D eigenvalue weighted by molar-refractivity contribution is 8.01. The summed E-state index contributed by atoms with van der Waals surface area (Å²) in [7, 11) is 0. The Balaban J connectivity index is 2.15. The molecule has 66 valence electrons. The number of thiazole rings is 1. The van der Waals surface area contributed by atoms with Crippen LogP contribution in [-0.2, 0) is 0 Å². The summed E-state index contributed by atoms with van der Waals surface area (Å²) in [4.78, 5) is 5.35. The van der Waals surface area contributed by atoms with Crippen LogP contribution in [0.25, 0.3) is 0 Å². The summed E-state index contributed by atoms with van der Waals surface area (Å²) >= 11 is 9.06. The van der Waals surface area contributed by atoms with E-state index in [1.54, 1.807) is 23.1 Å². The quantitative estimate of drug-likeness (QED) is 0.771. The first-order valence-corrected chi connectivity index (χ1v) is 5.75. The molecule has 0 fully saturated rings. The van der Waals surface area contributed by atoms with Crippen LogP contribution in [0, 0.1) is 0 Å². The van der Waals surface area contributed by atoms with Gasteiger partial charge in [-0.3, -0.25) is 0 Å². The zero-order valence-electron chi connectivity index (χ0n) is 6.61. The lowest BCUT2D eigenvalue weighted by Gasteiger charge is -1.96. The van der Waals surface area contributed by atoms with E-state index in [9.17, 15) is 0 Å². The van der Waals surface area contributed by atoms with Gasteiger partial charge >= 0.3 is 0 Å². The Hall–Kier alpha value is -0.510. The van der Waals surface area contributed by atoms with E-state index in [0.717, 1.165) is 9.36 Å². The fourth-order valence-electron chi connectivity index (χ4n) is 0.864. The van der Waals surface area contributed by atoms with Gasteiger partial charge in [-0.25, -0.2) is 4.98 Å². The largest absolute Gasteiger partial charge is 0.238 e. The molecule has 13 heavy (non-hydrogen) atoms. The predicted molar refractivity (Wildman–Crippen MR) is 57.7 cm³/mol. The summed E-state index contributed by atoms with van der Waals surface area (Å²) in [5.74, 6) is 0. The molecule has 1 heterocycles. The van der Waals surface area contributed by atoms with Crippen molar-refractivity contribution in [2.75, 3.05) is 0 Å². The number of aromatic nitrogens is 1. The molecular formula is C9H6ClNS2. The molecule has 1 aromatic heterocycles. The molecule has 0 amide bonds. The van der Waals surface area contributed by atoms with Gasteiger partial charge in [0.2, 0.25) is 0 Å². The van der Waals surface area contributed by atoms with Crippen molar-refractivity contribution in [1.29, 1.82) is 0 Å². The van der Waals surface area contributed by atoms with Gasteiger partial charge in [0.25, 0.3) is 0 Å². The highest BCUT2D eigenvalue weighted by Gasteiger charge is 1.98. The minimum Gasteiger partial charge on any atom is -0.238 e. The lowest BCUT2D eigenvalue weighted by molar-refractivity contribution is 1.25. The van der Waals surface area contributed by atoms with Crippen molar-refractivity contribution < 1.29 is 0 Å². The number of nitrogens with zero attached hydrogens (tertiary/aromatic N) is 1. The molecule has 0 spiro atoms. The molecule has 0 atom stereocenters. The van der Waals surface area contributed by atoms with Crippen molar-refractivity contribution in [2.24, 2.45) is 0 Å². The summed E-state index contributed by atoms with van der Waals surface area (Å²) in [5.41, 5.74) is 0. The lowest BCUT2D eigenvalue weighted by atomic mass is 10.4. The molecule has 0 bridgehead atoms. The topological polar surface area (TPSA) is 12.9 Å². The van der Waals surface area contributed by atoms with Crippen molar-refractivity contribution in [1.82, 2.24) is 4.98 Å². The van der Waals surface area contributed by atoms with Gasteiger partial charge in [-0.05, 0) is 24.3 Å². The molecule has 0 aliphatic heterocycles. The van der Waals surface area contributed by atoms with E-state index in [4.69, 9.17) is 11.6 Å². The molecule has 0 saturated heterocycles. The van der Waals surface area contributed by atoms with Crippen LogP contribution in [0.2, 0.25) is 5.02 Å². The SMILES string of the molecule is Clc1ccc(Sc2nccs2)cc1. The Morgan fingerprint density at radius 2 is 2.00 bits per heavy atom. The summed E-state index contributed by atoms with van der Waals surface area (Å²) in [6, 6.07) is 7.76. The van der Waals surface area contributed by atoms with Crippen molar-refractivity contribution in [3.8, 4) is 0 Å². The second-order valence-corrected chi connectivity index (χ2v) is 5.01. The first-order valence-electron chi connectivity index (χ1n) is 3.67. The molecule has 2 aromatic rings. The molecule has 0 saturated carbocycles. The van der Waals surface area contributed by atoms with Crippen LogP contribution in [0.5, 0.6) is 0 Å². The first-order chi connectivity index (χ1) is 6.34. The summed E-state index contributed by atoms with van der Waals surface area (Å²) < 4.78 is 1.06. The summed E-state index contributed by atoms with van der Waals surface area (Å²) in [6.45, 7) is 0. The zero-order valence-corrected chi connectivity index (χ0v) is 8.99. The molecule has 1 nitrogen and oxygen atoms in total. The standard InChI is InChI=1S/C9H6ClNS2/c10-7-1-3-8(4-2-7)13-9-11-5-6-12-9/h1-6H. The van der Waals surface area contributed by atoms with Crippen LogP contribution in [0.4, 0.5) is 0 Å². The van der Waals surface area contributed by atoms with Crippen LogP contribution < -0.4 is 0 Å². The van der Waals surface area contributed by atoms with Gasteiger partial charge in [0, 0.05) is 21.5 Å². The smallest absolute Gasteiger partial charge is 0.154 e. The van der Waals surface area contributed by atoms with E-state index in [2.05, 4.69) is 4.98 Å². The molecule has 0 unspecified atom stereocenters. The minimum atomic E-state index is 0.767. The molecule has 2 rings (SSSR count). The van der Waals surface area contributed by atoms with E-state index >= 15 is 0 Å². The molecule has 0 radical (unpaired) electrons. The highest BCUT2D eigenvalue weighted by atomic mass is 35.5. The third-order valence-electron chi connectivity index (χ3n) is 1.43. The summed E-state index contributed by atoms with van der Waals surface area (Å²) in [5, 5.41) is 2.74. The third-order valence-corrected chi connectivity index (χ3v) is 3.57. The van der Waals surface area contributed by atoms with Crippen LogP contribution in [0.15, 0.2) is 45.1 Å². The average Bonchev–Trinajstić information content (AvgIpc) is 2.62. The molecule has 0 aliphatic carbocycles. The van der Waals surface area contributed by atoms with Gasteiger partial charge in [-0.1, -0.05) is 23.4 Å². The van der Waals surface area contributed by atoms with E-state index in [0.29, 0.717) is 0 Å². The molecule has 4 heteroatoms. The number of hydrogen-bond donors (Lipinski definition) is 0. The zero-order chi connectivity index (χ0) is 9.10. The van der Waals surface area contributed by atoms with Gasteiger partial charge in [0.1, 0.15) is 0 Å². The van der Waals surface area contributed by atoms with Crippen LogP contribution >= 0.6 is 34.7 Å². The van der Waals surface area contributed by atoms with Crippen molar-refractivity contribution in [3.63, 3.8) is 0 Å². The van der Waals surface area contributed by atoms with Crippen LogP contribution in [0.3, 0.4) is 0 Å². The Labute approximate surface area is 89.8 Å². The van der Waals surface area contributed by atoms with E-state index in [-0.39, 0.29) is 0 Å². The number of benzene rings is 1. The Kier molecular flexibility index (Phi) is 2.88. The van der Waals surface area contributed by atoms with Crippen LogP contribution in [0.1, 0.15) is 0 Å². The highest BCUT2D eigenvalue weighted by Crippen LogP contribution is 2.29. The number of halogens is 1. The Morgan fingerprint density at radius 1 is 1.23 bits per heavy atom. The van der Waals surface area contributed by atoms with Gasteiger partial charge in [0.05, 0.1) is 0 Å². The van der Waals surface area contributed by atoms with Crippen molar-refractivity contribution in [3.05, 3.63) is 40.9 Å². The lowest BCUT2D eigenvalue weighted by Crippen LogP contribution is -1.70. The van der Waals surface area contributed by atoms with Gasteiger partial charge in [-0.15, -0.1) is 11.3 Å². The van der Waals surface area contributed by atoms with Crippen LogP contribution in [-0.4, -0.2) is 4.98 Å². The van der Waals surface area contributed by atoms with Crippen molar-refractivity contribution >= 4 is 34.7 Å². The summed E-state index contributed by atoms with van der Waals surface area (Å²) in [6.07, 6.45) is 1.81. The predicted octanol–water partition coefficient (Wildman–Crippen LogP) is 3.95. The van der Waals surface area contributed by atoms with Gasteiger partial charge in [0.15, 0.2) is 4.34 Å². The molecule has 1 aromatic carbocycles. The van der Waals surface area contributed by atoms with Gasteiger partial charge < -0.3 is 0 Å². The molecular weight excluding hydrogens is 222 g/mol. The van der Waals surface area contributed by atoms with Gasteiger partial charge in [-0.2, -0.15) is 0 Å². The monoisotopic (exact) mass is 227 g/mol. The Bertz CT molecular complexity index is 369. The van der Waals surface area contributed by atoms with Crippen molar-refractivity contribution in [2.45, 2.75) is 9.24 Å². The fourth-order valence-corrected chi connectivity index (χ4v) is 2.59. The molecule has 0 N–H and O–H groups in total. The number of hydrogen-bond acceptors (Lipinski definition) is 3. The van der Waals surface area contributed by atoms with E-state index in [1.807, 2.05) is 35.8 Å². The maximum Gasteiger partial charge on any atom is 0.154 e. The third kappa shape index (κ3) is 2.46. The number of rotatable bonds is 2. The second kappa shape index (κ2) is 4.13. The fraction of sp³-hybridized carbons (Fsp3) is 0. The second-order valence-electron chi connectivity index (χ2n) is 2.35. The minimum absolute atomic E-state index is 0.767. The average molecular weight is 228 g/mol. The maximum absolute atomic E-state index is 5.77. The first kappa shape index (κ1) is 9.06. The molecule has 0 aliphatic rings. The van der Waals surface area contributed by atoms with E-state index < -0.39 is 0 Å². The van der Waals surface area contributed by atoms with E-state index in [1.165, 1.54) is 4.90 Å².